The van der Waals surface area contributed by atoms with Crippen molar-refractivity contribution in [3.63, 3.8) is 0 Å². The molecule has 2 heterocycles. The second-order valence-electron chi connectivity index (χ2n) is 5.01. The lowest BCUT2D eigenvalue weighted by atomic mass is 10.2. The van der Waals surface area contributed by atoms with E-state index in [1.165, 1.54) is 0 Å². The third kappa shape index (κ3) is 2.36. The third-order valence-electron chi connectivity index (χ3n) is 3.67. The van der Waals surface area contributed by atoms with Crippen LogP contribution in [0.15, 0.2) is 28.8 Å². The van der Waals surface area contributed by atoms with Crippen LogP contribution < -0.4 is 4.74 Å². The first-order chi connectivity index (χ1) is 10.6. The van der Waals surface area contributed by atoms with Gasteiger partial charge in [0.1, 0.15) is 5.75 Å². The van der Waals surface area contributed by atoms with E-state index in [1.54, 1.807) is 7.11 Å². The van der Waals surface area contributed by atoms with Crippen LogP contribution in [0, 0.1) is 13.8 Å². The van der Waals surface area contributed by atoms with Crippen LogP contribution in [0.4, 0.5) is 0 Å². The molecule has 0 amide bonds. The Morgan fingerprint density at radius 1 is 1.18 bits per heavy atom. The van der Waals surface area contributed by atoms with Gasteiger partial charge in [-0.15, -0.1) is 0 Å². The van der Waals surface area contributed by atoms with E-state index in [9.17, 15) is 0 Å². The molecule has 2 aromatic heterocycles. The lowest BCUT2D eigenvalue weighted by molar-refractivity contribution is 0.414. The molecule has 1 aromatic carbocycles. The average Bonchev–Trinajstić information content (AvgIpc) is 3.12. The lowest BCUT2D eigenvalue weighted by Crippen LogP contribution is -1.98. The minimum Gasteiger partial charge on any atom is -0.497 e. The first-order valence-electron chi connectivity index (χ1n) is 7.16. The van der Waals surface area contributed by atoms with E-state index < -0.39 is 0 Å². The van der Waals surface area contributed by atoms with Crippen LogP contribution in [0.1, 0.15) is 18.3 Å². The topological polar surface area (TPSA) is 66.0 Å². The molecule has 0 aliphatic rings. The summed E-state index contributed by atoms with van der Waals surface area (Å²) in [5.41, 5.74) is 3.72. The Labute approximate surface area is 128 Å². The number of aryl methyl sites for hydroxylation is 2. The molecule has 0 aliphatic carbocycles. The van der Waals surface area contributed by atoms with E-state index in [-0.39, 0.29) is 0 Å². The molecule has 0 N–H and O–H groups in total. The van der Waals surface area contributed by atoms with Gasteiger partial charge in [0.05, 0.1) is 18.4 Å². The number of hydrogen-bond acceptors (Lipinski definition) is 5. The zero-order chi connectivity index (χ0) is 15.7. The third-order valence-corrected chi connectivity index (χ3v) is 3.67. The Bertz CT molecular complexity index is 787. The monoisotopic (exact) mass is 298 g/mol. The number of aromatic nitrogens is 4. The van der Waals surface area contributed by atoms with Gasteiger partial charge in [-0.05, 0) is 45.0 Å². The number of hydrogen-bond donors (Lipinski definition) is 0. The minimum absolute atomic E-state index is 0.500. The SMILES string of the molecule is CCn1nc(C)c(-c2nc(-c3ccc(OC)cc3)no2)c1C. The van der Waals surface area contributed by atoms with E-state index in [0.717, 1.165) is 34.8 Å². The number of methoxy groups -OCH3 is 1. The van der Waals surface area contributed by atoms with Crippen molar-refractivity contribution in [3.8, 4) is 28.6 Å². The van der Waals surface area contributed by atoms with Gasteiger partial charge in [0.25, 0.3) is 5.89 Å². The van der Waals surface area contributed by atoms with E-state index >= 15 is 0 Å². The summed E-state index contributed by atoms with van der Waals surface area (Å²) in [6, 6.07) is 7.55. The van der Waals surface area contributed by atoms with Crippen molar-refractivity contribution in [2.45, 2.75) is 27.3 Å². The van der Waals surface area contributed by atoms with Crippen LogP contribution >= 0.6 is 0 Å². The summed E-state index contributed by atoms with van der Waals surface area (Å²) in [5, 5.41) is 8.55. The zero-order valence-corrected chi connectivity index (χ0v) is 13.1. The normalized spacial score (nSPS) is 10.9. The van der Waals surface area contributed by atoms with Gasteiger partial charge >= 0.3 is 0 Å². The maximum Gasteiger partial charge on any atom is 0.261 e. The number of rotatable bonds is 4. The Kier molecular flexibility index (Phi) is 3.66. The summed E-state index contributed by atoms with van der Waals surface area (Å²) >= 11 is 0. The predicted octanol–water partition coefficient (Wildman–Crippen LogP) is 3.25. The summed E-state index contributed by atoms with van der Waals surface area (Å²) in [7, 11) is 1.64. The number of ether oxygens (including phenoxy) is 1. The molecule has 3 aromatic rings. The van der Waals surface area contributed by atoms with E-state index in [0.29, 0.717) is 11.7 Å². The van der Waals surface area contributed by atoms with Crippen molar-refractivity contribution < 1.29 is 9.26 Å². The molecule has 3 rings (SSSR count). The number of benzene rings is 1. The van der Waals surface area contributed by atoms with Gasteiger partial charge in [0.2, 0.25) is 5.82 Å². The van der Waals surface area contributed by atoms with E-state index in [4.69, 9.17) is 9.26 Å². The van der Waals surface area contributed by atoms with Gasteiger partial charge in [-0.1, -0.05) is 5.16 Å². The molecule has 0 spiro atoms. The molecule has 0 aliphatic heterocycles. The highest BCUT2D eigenvalue weighted by Gasteiger charge is 2.19. The molecule has 0 saturated heterocycles. The van der Waals surface area contributed by atoms with Gasteiger partial charge in [0.15, 0.2) is 0 Å². The summed E-state index contributed by atoms with van der Waals surface area (Å²) < 4.78 is 12.5. The Balaban J connectivity index is 1.98. The van der Waals surface area contributed by atoms with Gasteiger partial charge in [-0.2, -0.15) is 10.1 Å². The molecular formula is C16H18N4O2. The van der Waals surface area contributed by atoms with E-state index in [2.05, 4.69) is 22.2 Å². The molecule has 114 valence electrons. The fourth-order valence-corrected chi connectivity index (χ4v) is 2.50. The van der Waals surface area contributed by atoms with Crippen molar-refractivity contribution in [2.75, 3.05) is 7.11 Å². The van der Waals surface area contributed by atoms with Crippen molar-refractivity contribution in [3.05, 3.63) is 35.7 Å². The van der Waals surface area contributed by atoms with Crippen LogP contribution in [-0.2, 0) is 6.54 Å². The van der Waals surface area contributed by atoms with Crippen LogP contribution in [0.3, 0.4) is 0 Å². The molecule has 0 atom stereocenters. The largest absolute Gasteiger partial charge is 0.497 e. The summed E-state index contributed by atoms with van der Waals surface area (Å²) in [5.74, 6) is 1.85. The molecular weight excluding hydrogens is 280 g/mol. The predicted molar refractivity (Wildman–Crippen MR) is 82.7 cm³/mol. The van der Waals surface area contributed by atoms with Crippen LogP contribution in [0.2, 0.25) is 0 Å². The summed E-state index contributed by atoms with van der Waals surface area (Å²) in [4.78, 5) is 4.50. The standard InChI is InChI=1S/C16H18N4O2/c1-5-20-11(3)14(10(2)18-20)16-17-15(19-22-16)12-6-8-13(21-4)9-7-12/h6-9H,5H2,1-4H3. The average molecular weight is 298 g/mol. The van der Waals surface area contributed by atoms with Crippen molar-refractivity contribution in [1.82, 2.24) is 19.9 Å². The highest BCUT2D eigenvalue weighted by molar-refractivity contribution is 5.63. The second-order valence-corrected chi connectivity index (χ2v) is 5.01. The maximum atomic E-state index is 5.44. The smallest absolute Gasteiger partial charge is 0.261 e. The van der Waals surface area contributed by atoms with Crippen molar-refractivity contribution >= 4 is 0 Å². The zero-order valence-electron chi connectivity index (χ0n) is 13.1. The van der Waals surface area contributed by atoms with Gasteiger partial charge in [-0.25, -0.2) is 0 Å². The molecule has 22 heavy (non-hydrogen) atoms. The first kappa shape index (κ1) is 14.3. The Morgan fingerprint density at radius 2 is 1.91 bits per heavy atom. The summed E-state index contributed by atoms with van der Waals surface area (Å²) in [6.45, 7) is 6.83. The summed E-state index contributed by atoms with van der Waals surface area (Å²) in [6.07, 6.45) is 0. The fourth-order valence-electron chi connectivity index (χ4n) is 2.50. The van der Waals surface area contributed by atoms with Crippen molar-refractivity contribution in [1.29, 1.82) is 0 Å². The Morgan fingerprint density at radius 3 is 2.50 bits per heavy atom. The van der Waals surface area contributed by atoms with Crippen LogP contribution in [0.5, 0.6) is 5.75 Å². The molecule has 0 fully saturated rings. The lowest BCUT2D eigenvalue weighted by Gasteiger charge is -1.99. The highest BCUT2D eigenvalue weighted by Crippen LogP contribution is 2.28. The van der Waals surface area contributed by atoms with Crippen LogP contribution in [-0.4, -0.2) is 27.0 Å². The van der Waals surface area contributed by atoms with Crippen LogP contribution in [0.25, 0.3) is 22.8 Å². The molecule has 0 unspecified atom stereocenters. The molecule has 0 bridgehead atoms. The minimum atomic E-state index is 0.500. The molecule has 6 heteroatoms. The van der Waals surface area contributed by atoms with Gasteiger partial charge in [-0.3, -0.25) is 4.68 Å². The van der Waals surface area contributed by atoms with Gasteiger partial charge < -0.3 is 9.26 Å². The second kappa shape index (κ2) is 5.63. The molecule has 6 nitrogen and oxygen atoms in total. The fraction of sp³-hybridized carbons (Fsp3) is 0.312. The van der Waals surface area contributed by atoms with Crippen molar-refractivity contribution in [2.24, 2.45) is 0 Å². The Hall–Kier alpha value is -2.63. The highest BCUT2D eigenvalue weighted by atomic mass is 16.5. The number of nitrogens with zero attached hydrogens (tertiary/aromatic N) is 4. The molecule has 0 radical (unpaired) electrons. The maximum absolute atomic E-state index is 5.44. The quantitative estimate of drug-likeness (QED) is 0.739. The molecule has 0 saturated carbocycles. The first-order valence-corrected chi connectivity index (χ1v) is 7.16. The van der Waals surface area contributed by atoms with E-state index in [1.807, 2.05) is 42.8 Å². The van der Waals surface area contributed by atoms with Gasteiger partial charge in [0, 0.05) is 17.8 Å².